The van der Waals surface area contributed by atoms with E-state index in [1.165, 1.54) is 16.7 Å². The normalized spacial score (nSPS) is 18.0. The summed E-state index contributed by atoms with van der Waals surface area (Å²) >= 11 is 0. The molecule has 2 heterocycles. The highest BCUT2D eigenvalue weighted by molar-refractivity contribution is 5.99. The van der Waals surface area contributed by atoms with Crippen LogP contribution in [0.25, 0.3) is 10.9 Å². The smallest absolute Gasteiger partial charge is 0.270 e. The summed E-state index contributed by atoms with van der Waals surface area (Å²) < 4.78 is 2.06. The zero-order chi connectivity index (χ0) is 19.3. The van der Waals surface area contributed by atoms with Crippen molar-refractivity contribution in [3.05, 3.63) is 70.9 Å². The number of hydrogen-bond donors (Lipinski definition) is 0. The standard InChI is InChI=1S/C24H27N3O/c1-17-6-5-9-20-16-22(25(2)23(17)20)24(28)27-12-10-26(11-13-27)21-14-18-7-3-4-8-19(18)15-21/h3-9,16,21H,10-15H2,1-2H3. The van der Waals surface area contributed by atoms with Crippen molar-refractivity contribution < 1.29 is 4.79 Å². The summed E-state index contributed by atoms with van der Waals surface area (Å²) in [5.74, 6) is 0.160. The number of rotatable bonds is 2. The van der Waals surface area contributed by atoms with Crippen LogP contribution in [0.4, 0.5) is 0 Å². The van der Waals surface area contributed by atoms with Crippen LogP contribution < -0.4 is 0 Å². The van der Waals surface area contributed by atoms with E-state index < -0.39 is 0 Å². The van der Waals surface area contributed by atoms with E-state index in [-0.39, 0.29) is 5.91 Å². The third-order valence-corrected chi connectivity index (χ3v) is 6.62. The van der Waals surface area contributed by atoms with Gasteiger partial charge in [0.25, 0.3) is 5.91 Å². The summed E-state index contributed by atoms with van der Waals surface area (Å²) in [6, 6.07) is 17.7. The first-order chi connectivity index (χ1) is 13.6. The van der Waals surface area contributed by atoms with Gasteiger partial charge in [0.15, 0.2) is 0 Å². The van der Waals surface area contributed by atoms with E-state index in [0.29, 0.717) is 6.04 Å². The molecular formula is C24H27N3O. The maximum absolute atomic E-state index is 13.2. The molecule has 4 heteroatoms. The number of piperazine rings is 1. The lowest BCUT2D eigenvalue weighted by molar-refractivity contribution is 0.0568. The Bertz CT molecular complexity index is 1020. The number of carbonyl (C=O) groups excluding carboxylic acids is 1. The van der Waals surface area contributed by atoms with Crippen LogP contribution in [-0.2, 0) is 19.9 Å². The van der Waals surface area contributed by atoms with E-state index in [1.54, 1.807) is 0 Å². The zero-order valence-corrected chi connectivity index (χ0v) is 16.7. The average molecular weight is 374 g/mol. The van der Waals surface area contributed by atoms with Gasteiger partial charge in [-0.1, -0.05) is 42.5 Å². The zero-order valence-electron chi connectivity index (χ0n) is 16.7. The number of nitrogens with zero attached hydrogens (tertiary/aromatic N) is 3. The van der Waals surface area contributed by atoms with Crippen molar-refractivity contribution in [3.63, 3.8) is 0 Å². The Balaban J connectivity index is 1.28. The molecule has 3 aromatic rings. The molecule has 4 nitrogen and oxygen atoms in total. The molecule has 2 aromatic carbocycles. The van der Waals surface area contributed by atoms with Gasteiger partial charge < -0.3 is 9.47 Å². The van der Waals surface area contributed by atoms with Crippen molar-refractivity contribution in [1.82, 2.24) is 14.4 Å². The van der Waals surface area contributed by atoms with Crippen LogP contribution in [0.1, 0.15) is 27.2 Å². The van der Waals surface area contributed by atoms with Gasteiger partial charge in [0.1, 0.15) is 5.69 Å². The summed E-state index contributed by atoms with van der Waals surface area (Å²) in [5, 5.41) is 1.15. The Morgan fingerprint density at radius 2 is 1.61 bits per heavy atom. The fraction of sp³-hybridized carbons (Fsp3) is 0.375. The SMILES string of the molecule is Cc1cccc2cc(C(=O)N3CCN(C4Cc5ccccc5C4)CC3)n(C)c12. The first-order valence-corrected chi connectivity index (χ1v) is 10.3. The van der Waals surface area contributed by atoms with Crippen molar-refractivity contribution in [2.75, 3.05) is 26.2 Å². The molecule has 28 heavy (non-hydrogen) atoms. The van der Waals surface area contributed by atoms with Gasteiger partial charge in [-0.05, 0) is 42.5 Å². The third-order valence-electron chi connectivity index (χ3n) is 6.62. The Morgan fingerprint density at radius 1 is 0.929 bits per heavy atom. The van der Waals surface area contributed by atoms with Gasteiger partial charge in [-0.25, -0.2) is 0 Å². The molecule has 1 amide bonds. The Kier molecular flexibility index (Phi) is 4.24. The molecular weight excluding hydrogens is 346 g/mol. The van der Waals surface area contributed by atoms with E-state index in [1.807, 2.05) is 18.0 Å². The highest BCUT2D eigenvalue weighted by Crippen LogP contribution is 2.27. The maximum atomic E-state index is 13.2. The first kappa shape index (κ1) is 17.5. The Labute approximate surface area is 166 Å². The van der Waals surface area contributed by atoms with Crippen molar-refractivity contribution in [2.24, 2.45) is 7.05 Å². The largest absolute Gasteiger partial charge is 0.339 e. The molecule has 1 fully saturated rings. The molecule has 0 saturated carbocycles. The van der Waals surface area contributed by atoms with E-state index in [9.17, 15) is 4.79 Å². The molecule has 1 saturated heterocycles. The molecule has 0 radical (unpaired) electrons. The summed E-state index contributed by atoms with van der Waals surface area (Å²) in [4.78, 5) is 17.8. The maximum Gasteiger partial charge on any atom is 0.270 e. The highest BCUT2D eigenvalue weighted by Gasteiger charge is 2.31. The topological polar surface area (TPSA) is 28.5 Å². The lowest BCUT2D eigenvalue weighted by atomic mass is 10.1. The minimum absolute atomic E-state index is 0.160. The number of benzene rings is 2. The second-order valence-corrected chi connectivity index (χ2v) is 8.26. The van der Waals surface area contributed by atoms with Crippen LogP contribution in [-0.4, -0.2) is 52.5 Å². The molecule has 2 aliphatic rings. The number of aryl methyl sites for hydroxylation is 2. The van der Waals surface area contributed by atoms with E-state index >= 15 is 0 Å². The van der Waals surface area contributed by atoms with E-state index in [0.717, 1.165) is 55.6 Å². The van der Waals surface area contributed by atoms with Crippen LogP contribution >= 0.6 is 0 Å². The van der Waals surface area contributed by atoms with Gasteiger partial charge >= 0.3 is 0 Å². The molecule has 1 aromatic heterocycles. The minimum atomic E-state index is 0.160. The van der Waals surface area contributed by atoms with Gasteiger partial charge in [-0.15, -0.1) is 0 Å². The van der Waals surface area contributed by atoms with Gasteiger partial charge in [-0.2, -0.15) is 0 Å². The van der Waals surface area contributed by atoms with E-state index in [2.05, 4.69) is 58.9 Å². The lowest BCUT2D eigenvalue weighted by Crippen LogP contribution is -2.52. The van der Waals surface area contributed by atoms with Gasteiger partial charge in [0.2, 0.25) is 0 Å². The van der Waals surface area contributed by atoms with Crippen LogP contribution in [0, 0.1) is 6.92 Å². The predicted octanol–water partition coefficient (Wildman–Crippen LogP) is 3.41. The van der Waals surface area contributed by atoms with Crippen LogP contribution in [0.5, 0.6) is 0 Å². The molecule has 144 valence electrons. The van der Waals surface area contributed by atoms with Crippen LogP contribution in [0.2, 0.25) is 0 Å². The molecule has 0 N–H and O–H groups in total. The molecule has 0 bridgehead atoms. The second kappa shape index (κ2) is 6.78. The molecule has 0 atom stereocenters. The summed E-state index contributed by atoms with van der Waals surface area (Å²) in [5.41, 5.74) is 6.16. The molecule has 0 spiro atoms. The molecule has 5 rings (SSSR count). The van der Waals surface area contributed by atoms with Gasteiger partial charge in [0.05, 0.1) is 5.52 Å². The number of hydrogen-bond acceptors (Lipinski definition) is 2. The number of amides is 1. The van der Waals surface area contributed by atoms with Gasteiger partial charge in [0, 0.05) is 44.7 Å². The molecule has 0 unspecified atom stereocenters. The minimum Gasteiger partial charge on any atom is -0.339 e. The second-order valence-electron chi connectivity index (χ2n) is 8.26. The summed E-state index contributed by atoms with van der Waals surface area (Å²) in [6.07, 6.45) is 2.29. The number of para-hydroxylation sites is 1. The first-order valence-electron chi connectivity index (χ1n) is 10.3. The number of fused-ring (bicyclic) bond motifs is 2. The predicted molar refractivity (Wildman–Crippen MR) is 113 cm³/mol. The monoisotopic (exact) mass is 373 g/mol. The fourth-order valence-electron chi connectivity index (χ4n) is 5.07. The average Bonchev–Trinajstić information content (AvgIpc) is 3.30. The lowest BCUT2D eigenvalue weighted by Gasteiger charge is -2.38. The fourth-order valence-corrected chi connectivity index (χ4v) is 5.07. The summed E-state index contributed by atoms with van der Waals surface area (Å²) in [7, 11) is 2.01. The number of aromatic nitrogens is 1. The third kappa shape index (κ3) is 2.83. The molecule has 1 aliphatic heterocycles. The van der Waals surface area contributed by atoms with Crippen molar-refractivity contribution in [1.29, 1.82) is 0 Å². The van der Waals surface area contributed by atoms with Crippen LogP contribution in [0.3, 0.4) is 0 Å². The van der Waals surface area contributed by atoms with E-state index in [4.69, 9.17) is 0 Å². The van der Waals surface area contributed by atoms with Crippen molar-refractivity contribution in [2.45, 2.75) is 25.8 Å². The quantitative estimate of drug-likeness (QED) is 0.689. The Morgan fingerprint density at radius 3 is 2.25 bits per heavy atom. The summed E-state index contributed by atoms with van der Waals surface area (Å²) in [6.45, 7) is 5.66. The van der Waals surface area contributed by atoms with Crippen molar-refractivity contribution >= 4 is 16.8 Å². The van der Waals surface area contributed by atoms with Crippen molar-refractivity contribution in [3.8, 4) is 0 Å². The number of carbonyl (C=O) groups is 1. The molecule has 1 aliphatic carbocycles. The van der Waals surface area contributed by atoms with Crippen LogP contribution in [0.15, 0.2) is 48.5 Å². The van der Waals surface area contributed by atoms with Gasteiger partial charge in [-0.3, -0.25) is 9.69 Å². The highest BCUT2D eigenvalue weighted by atomic mass is 16.2. The Hall–Kier alpha value is -2.59.